The van der Waals surface area contributed by atoms with Crippen molar-refractivity contribution in [3.05, 3.63) is 0 Å². The van der Waals surface area contributed by atoms with E-state index in [4.69, 9.17) is 18.9 Å². The fraction of sp³-hybridized carbons (Fsp3) is 1.00. The number of hydrogen-bond donors (Lipinski definition) is 1. The predicted molar refractivity (Wildman–Crippen MR) is 67.6 cm³/mol. The predicted octanol–water partition coefficient (Wildman–Crippen LogP) is 1.22. The number of alkyl halides is 1. The maximum atomic E-state index is 14.2. The Kier molecular flexibility index (Phi) is 3.92. The lowest BCUT2D eigenvalue weighted by Gasteiger charge is -2.59. The van der Waals surface area contributed by atoms with Gasteiger partial charge in [-0.1, -0.05) is 0 Å². The first kappa shape index (κ1) is 15.1. The highest BCUT2D eigenvalue weighted by atomic mass is 19.1. The second-order valence-electron chi connectivity index (χ2n) is 5.54. The molecule has 6 heteroatoms. The van der Waals surface area contributed by atoms with Gasteiger partial charge in [-0.15, -0.1) is 0 Å². The molecule has 19 heavy (non-hydrogen) atoms. The summed E-state index contributed by atoms with van der Waals surface area (Å²) in [5.74, 6) is -2.24. The largest absolute Gasteiger partial charge is 0.349 e. The minimum Gasteiger partial charge on any atom is -0.349 e. The van der Waals surface area contributed by atoms with Crippen LogP contribution in [0.5, 0.6) is 0 Å². The molecule has 0 aromatic heterocycles. The summed E-state index contributed by atoms with van der Waals surface area (Å²) in [6.45, 7) is 6.13. The summed E-state index contributed by atoms with van der Waals surface area (Å²) >= 11 is 0. The molecule has 2 saturated heterocycles. The lowest BCUT2D eigenvalue weighted by molar-refractivity contribution is -0.476. The van der Waals surface area contributed by atoms with Gasteiger partial charge in [-0.05, 0) is 33.7 Å². The Morgan fingerprint density at radius 2 is 1.89 bits per heavy atom. The van der Waals surface area contributed by atoms with E-state index in [9.17, 15) is 4.39 Å². The summed E-state index contributed by atoms with van der Waals surface area (Å²) in [5, 5.41) is 3.17. The second kappa shape index (κ2) is 4.93. The third kappa shape index (κ3) is 2.10. The zero-order valence-corrected chi connectivity index (χ0v) is 12.3. The zero-order valence-electron chi connectivity index (χ0n) is 12.3. The van der Waals surface area contributed by atoms with Crippen molar-refractivity contribution in [2.75, 3.05) is 27.3 Å². The minimum atomic E-state index is -1.18. The Bertz CT molecular complexity index is 343. The molecule has 0 amide bonds. The molecule has 2 aliphatic heterocycles. The van der Waals surface area contributed by atoms with Gasteiger partial charge in [-0.3, -0.25) is 0 Å². The van der Waals surface area contributed by atoms with Gasteiger partial charge in [0.25, 0.3) is 0 Å². The van der Waals surface area contributed by atoms with E-state index in [-0.39, 0.29) is 6.10 Å². The molecule has 0 radical (unpaired) electrons. The van der Waals surface area contributed by atoms with Crippen LogP contribution in [0.2, 0.25) is 0 Å². The molecule has 5 nitrogen and oxygen atoms in total. The molecule has 2 heterocycles. The minimum absolute atomic E-state index is 0.359. The van der Waals surface area contributed by atoms with Crippen LogP contribution in [0.4, 0.5) is 4.39 Å². The third-order valence-corrected chi connectivity index (χ3v) is 4.56. The Morgan fingerprint density at radius 1 is 1.26 bits per heavy atom. The number of methoxy groups -OCH3 is 2. The molecule has 0 bridgehead atoms. The second-order valence-corrected chi connectivity index (χ2v) is 5.54. The quantitative estimate of drug-likeness (QED) is 0.840. The van der Waals surface area contributed by atoms with Crippen LogP contribution in [-0.2, 0) is 18.9 Å². The summed E-state index contributed by atoms with van der Waals surface area (Å²) in [5.41, 5.74) is -1.04. The fourth-order valence-corrected chi connectivity index (χ4v) is 2.91. The Morgan fingerprint density at radius 3 is 2.42 bits per heavy atom. The zero-order chi connectivity index (χ0) is 14.3. The van der Waals surface area contributed by atoms with Crippen molar-refractivity contribution in [1.82, 2.24) is 5.32 Å². The van der Waals surface area contributed by atoms with Crippen molar-refractivity contribution in [1.29, 1.82) is 0 Å². The van der Waals surface area contributed by atoms with Crippen molar-refractivity contribution in [2.24, 2.45) is 0 Å². The van der Waals surface area contributed by atoms with Crippen LogP contribution in [0, 0.1) is 0 Å². The summed E-state index contributed by atoms with van der Waals surface area (Å²) in [6.07, 6.45) is -0.865. The topological polar surface area (TPSA) is 49.0 Å². The molecular formula is C13H24FNO4. The van der Waals surface area contributed by atoms with E-state index in [1.165, 1.54) is 21.1 Å². The molecule has 1 N–H and O–H groups in total. The normalized spacial score (nSPS) is 48.6. The van der Waals surface area contributed by atoms with Crippen LogP contribution in [0.25, 0.3) is 0 Å². The summed E-state index contributed by atoms with van der Waals surface area (Å²) < 4.78 is 37.2. The van der Waals surface area contributed by atoms with E-state index >= 15 is 0 Å². The molecule has 0 saturated carbocycles. The number of piperidine rings is 1. The lowest BCUT2D eigenvalue weighted by Crippen LogP contribution is -2.75. The highest BCUT2D eigenvalue weighted by Gasteiger charge is 2.64. The molecule has 0 aromatic carbocycles. The molecule has 2 fully saturated rings. The molecule has 0 spiro atoms. The smallest absolute Gasteiger partial charge is 0.220 e. The van der Waals surface area contributed by atoms with E-state index in [2.05, 4.69) is 5.32 Å². The number of rotatable bonds is 3. The van der Waals surface area contributed by atoms with Crippen LogP contribution < -0.4 is 5.32 Å². The van der Waals surface area contributed by atoms with Crippen LogP contribution in [0.3, 0.4) is 0 Å². The molecule has 112 valence electrons. The molecule has 2 rings (SSSR count). The standard InChI is InChI=1S/C13H24FNO4/c1-9(14)13-8-15-7-6-10(13)18-11(2,16-4)12(3,17-5)19-13/h9-10,15H,6-8H2,1-5H3/t9?,10?,11-,12?,13?/m0/s1. The number of nitrogens with one attached hydrogen (secondary N) is 1. The Balaban J connectivity index is 2.39. The monoisotopic (exact) mass is 277 g/mol. The summed E-state index contributed by atoms with van der Waals surface area (Å²) in [7, 11) is 3.04. The van der Waals surface area contributed by atoms with Gasteiger partial charge in [0, 0.05) is 20.8 Å². The van der Waals surface area contributed by atoms with Gasteiger partial charge in [-0.25, -0.2) is 4.39 Å². The van der Waals surface area contributed by atoms with E-state index in [0.717, 1.165) is 6.54 Å². The van der Waals surface area contributed by atoms with E-state index in [1.54, 1.807) is 13.8 Å². The van der Waals surface area contributed by atoms with Gasteiger partial charge in [-0.2, -0.15) is 0 Å². The third-order valence-electron chi connectivity index (χ3n) is 4.56. The molecule has 4 unspecified atom stereocenters. The molecular weight excluding hydrogens is 253 g/mol. The highest BCUT2D eigenvalue weighted by Crippen LogP contribution is 2.46. The molecule has 2 aliphatic rings. The molecule has 5 atom stereocenters. The Labute approximate surface area is 113 Å². The van der Waals surface area contributed by atoms with Gasteiger partial charge in [0.2, 0.25) is 11.6 Å². The van der Waals surface area contributed by atoms with Crippen LogP contribution >= 0.6 is 0 Å². The fourth-order valence-electron chi connectivity index (χ4n) is 2.91. The number of hydrogen-bond acceptors (Lipinski definition) is 5. The average molecular weight is 277 g/mol. The van der Waals surface area contributed by atoms with Gasteiger partial charge in [0.15, 0.2) is 0 Å². The van der Waals surface area contributed by atoms with E-state index in [0.29, 0.717) is 13.0 Å². The number of ether oxygens (including phenoxy) is 4. The van der Waals surface area contributed by atoms with E-state index in [1.807, 2.05) is 0 Å². The van der Waals surface area contributed by atoms with Gasteiger partial charge in [0.05, 0.1) is 6.10 Å². The van der Waals surface area contributed by atoms with Crippen molar-refractivity contribution < 1.29 is 23.3 Å². The Hall–Kier alpha value is -0.270. The SMILES string of the molecule is COC1(C)OC2(C(C)F)CNCCC2O[C@]1(C)OC. The van der Waals surface area contributed by atoms with Crippen LogP contribution in [-0.4, -0.2) is 56.8 Å². The van der Waals surface area contributed by atoms with Crippen molar-refractivity contribution >= 4 is 0 Å². The number of fused-ring (bicyclic) bond motifs is 1. The van der Waals surface area contributed by atoms with Crippen molar-refractivity contribution in [3.63, 3.8) is 0 Å². The lowest BCUT2D eigenvalue weighted by atomic mass is 9.83. The molecule has 0 aromatic rings. The maximum Gasteiger partial charge on any atom is 0.220 e. The van der Waals surface area contributed by atoms with Crippen LogP contribution in [0.15, 0.2) is 0 Å². The first-order valence-corrected chi connectivity index (χ1v) is 6.66. The summed E-state index contributed by atoms with van der Waals surface area (Å²) in [6, 6.07) is 0. The average Bonchev–Trinajstić information content (AvgIpc) is 2.39. The van der Waals surface area contributed by atoms with Crippen molar-refractivity contribution in [3.8, 4) is 0 Å². The van der Waals surface area contributed by atoms with Crippen LogP contribution in [0.1, 0.15) is 27.2 Å². The summed E-state index contributed by atoms with van der Waals surface area (Å²) in [4.78, 5) is 0. The first-order valence-electron chi connectivity index (χ1n) is 6.66. The van der Waals surface area contributed by atoms with Gasteiger partial charge in [0.1, 0.15) is 11.8 Å². The molecule has 0 aliphatic carbocycles. The maximum absolute atomic E-state index is 14.2. The first-order chi connectivity index (χ1) is 8.83. The van der Waals surface area contributed by atoms with Crippen molar-refractivity contribution in [2.45, 2.75) is 56.6 Å². The van der Waals surface area contributed by atoms with Gasteiger partial charge < -0.3 is 24.3 Å². The van der Waals surface area contributed by atoms with E-state index < -0.39 is 23.3 Å². The number of halogens is 1. The highest BCUT2D eigenvalue weighted by molar-refractivity contribution is 5.06. The van der Waals surface area contributed by atoms with Gasteiger partial charge >= 0.3 is 0 Å².